The molecule has 1 aromatic carbocycles. The summed E-state index contributed by atoms with van der Waals surface area (Å²) in [6.07, 6.45) is 5.92. The van der Waals surface area contributed by atoms with Crippen molar-refractivity contribution in [2.75, 3.05) is 20.2 Å². The van der Waals surface area contributed by atoms with Gasteiger partial charge >= 0.3 is 0 Å². The average molecular weight is 354 g/mol. The Bertz CT molecular complexity index is 757. The largest absolute Gasteiger partial charge is 0.496 e. The predicted molar refractivity (Wildman–Crippen MR) is 105 cm³/mol. The zero-order chi connectivity index (χ0) is 18.5. The Morgan fingerprint density at radius 3 is 2.69 bits per heavy atom. The molecule has 1 heterocycles. The molecule has 1 fully saturated rings. The highest BCUT2D eigenvalue weighted by Gasteiger charge is 2.23. The molecule has 0 unspecified atom stereocenters. The number of aromatic nitrogens is 1. The molecular formula is C22H30N2O2. The molecule has 2 aromatic rings. The third-order valence-electron chi connectivity index (χ3n) is 5.52. The molecule has 0 amide bonds. The predicted octanol–water partition coefficient (Wildman–Crippen LogP) is 4.24. The number of ether oxygens (including phenoxy) is 1. The number of para-hydroxylation sites is 1. The van der Waals surface area contributed by atoms with Crippen LogP contribution in [-0.2, 0) is 6.42 Å². The minimum absolute atomic E-state index is 0.183. The number of ketones is 1. The Hall–Kier alpha value is -2.07. The number of rotatable bonds is 8. The quantitative estimate of drug-likeness (QED) is 0.569. The molecule has 26 heavy (non-hydrogen) atoms. The molecule has 1 aromatic heterocycles. The first-order valence-electron chi connectivity index (χ1n) is 9.66. The molecule has 0 bridgehead atoms. The van der Waals surface area contributed by atoms with Gasteiger partial charge in [0.2, 0.25) is 0 Å². The molecule has 1 saturated carbocycles. The number of carbonyl (C=O) groups is 1. The lowest BCUT2D eigenvalue weighted by molar-refractivity contribution is 0.0990. The number of hydrogen-bond acceptors (Lipinski definition) is 3. The van der Waals surface area contributed by atoms with Gasteiger partial charge in [0.15, 0.2) is 5.78 Å². The van der Waals surface area contributed by atoms with Crippen molar-refractivity contribution in [3.05, 3.63) is 52.8 Å². The van der Waals surface area contributed by atoms with Gasteiger partial charge in [-0.1, -0.05) is 31.0 Å². The monoisotopic (exact) mass is 354 g/mol. The van der Waals surface area contributed by atoms with E-state index in [0.29, 0.717) is 12.6 Å². The summed E-state index contributed by atoms with van der Waals surface area (Å²) in [5.74, 6) is 1.09. The highest BCUT2D eigenvalue weighted by molar-refractivity contribution is 5.99. The maximum absolute atomic E-state index is 12.7. The zero-order valence-electron chi connectivity index (χ0n) is 16.2. The fourth-order valence-electron chi connectivity index (χ4n) is 4.21. The van der Waals surface area contributed by atoms with E-state index >= 15 is 0 Å². The molecule has 3 rings (SSSR count). The highest BCUT2D eigenvalue weighted by atomic mass is 16.5. The van der Waals surface area contributed by atoms with Gasteiger partial charge < -0.3 is 14.6 Å². The van der Waals surface area contributed by atoms with Crippen molar-refractivity contribution < 1.29 is 9.53 Å². The molecular weight excluding hydrogens is 324 g/mol. The Kier molecular flexibility index (Phi) is 6.15. The summed E-state index contributed by atoms with van der Waals surface area (Å²) in [6, 6.07) is 10.7. The minimum atomic E-state index is 0.183. The minimum Gasteiger partial charge on any atom is -0.496 e. The van der Waals surface area contributed by atoms with Gasteiger partial charge in [-0.25, -0.2) is 0 Å². The number of nitrogens with zero attached hydrogens (tertiary/aromatic N) is 1. The van der Waals surface area contributed by atoms with Crippen LogP contribution in [0.2, 0.25) is 0 Å². The fraction of sp³-hybridized carbons (Fsp3) is 0.500. The van der Waals surface area contributed by atoms with E-state index in [0.717, 1.165) is 35.5 Å². The van der Waals surface area contributed by atoms with Crippen LogP contribution in [0.3, 0.4) is 0 Å². The lowest BCUT2D eigenvalue weighted by Crippen LogP contribution is -2.25. The second-order valence-corrected chi connectivity index (χ2v) is 7.25. The average Bonchev–Trinajstić information content (AvgIpc) is 3.26. The summed E-state index contributed by atoms with van der Waals surface area (Å²) in [4.78, 5) is 12.7. The molecule has 0 spiro atoms. The molecule has 1 aliphatic rings. The number of hydrogen-bond donors (Lipinski definition) is 1. The van der Waals surface area contributed by atoms with Gasteiger partial charge in [0.1, 0.15) is 5.75 Å². The number of nitrogens with one attached hydrogen (secondary N) is 1. The van der Waals surface area contributed by atoms with Crippen molar-refractivity contribution in [2.45, 2.75) is 52.0 Å². The molecule has 1 N–H and O–H groups in total. The second-order valence-electron chi connectivity index (χ2n) is 7.25. The normalized spacial score (nSPS) is 14.7. The molecule has 4 heteroatoms. The van der Waals surface area contributed by atoms with Gasteiger partial charge in [0, 0.05) is 23.0 Å². The standard InChI is InChI=1S/C22H30N2O2/c1-16-14-20(17(2)24(16)19-9-5-6-10-19)21(25)15-23-13-12-18-8-4-7-11-22(18)26-3/h4,7-8,11,14,19,23H,5-6,9-10,12-13,15H2,1-3H3. The lowest BCUT2D eigenvalue weighted by Gasteiger charge is -2.17. The van der Waals surface area contributed by atoms with Gasteiger partial charge in [-0.05, 0) is 57.4 Å². The van der Waals surface area contributed by atoms with Crippen LogP contribution in [-0.4, -0.2) is 30.5 Å². The van der Waals surface area contributed by atoms with Gasteiger partial charge in [0.25, 0.3) is 0 Å². The molecule has 140 valence electrons. The van der Waals surface area contributed by atoms with Gasteiger partial charge in [0.05, 0.1) is 13.7 Å². The maximum Gasteiger partial charge on any atom is 0.178 e. The number of methoxy groups -OCH3 is 1. The first kappa shape index (κ1) is 18.7. The number of carbonyl (C=O) groups excluding carboxylic acids is 1. The molecule has 0 saturated heterocycles. The van der Waals surface area contributed by atoms with Crippen molar-refractivity contribution in [3.63, 3.8) is 0 Å². The smallest absolute Gasteiger partial charge is 0.178 e. The maximum atomic E-state index is 12.7. The van der Waals surface area contributed by atoms with E-state index < -0.39 is 0 Å². The van der Waals surface area contributed by atoms with Crippen molar-refractivity contribution in [1.82, 2.24) is 9.88 Å². The zero-order valence-corrected chi connectivity index (χ0v) is 16.2. The van der Waals surface area contributed by atoms with E-state index in [4.69, 9.17) is 4.74 Å². The topological polar surface area (TPSA) is 43.3 Å². The van der Waals surface area contributed by atoms with Crippen LogP contribution in [0.4, 0.5) is 0 Å². The van der Waals surface area contributed by atoms with E-state index in [9.17, 15) is 4.79 Å². The van der Waals surface area contributed by atoms with Crippen molar-refractivity contribution in [2.24, 2.45) is 0 Å². The van der Waals surface area contributed by atoms with Crippen molar-refractivity contribution >= 4 is 5.78 Å². The molecule has 4 nitrogen and oxygen atoms in total. The van der Waals surface area contributed by atoms with E-state index in [1.807, 2.05) is 18.2 Å². The lowest BCUT2D eigenvalue weighted by atomic mass is 10.1. The van der Waals surface area contributed by atoms with E-state index in [2.05, 4.69) is 35.9 Å². The third kappa shape index (κ3) is 4.01. The Balaban J connectivity index is 1.56. The fourth-order valence-corrected chi connectivity index (χ4v) is 4.21. The summed E-state index contributed by atoms with van der Waals surface area (Å²) >= 11 is 0. The number of aryl methyl sites for hydroxylation is 1. The Morgan fingerprint density at radius 2 is 1.96 bits per heavy atom. The Labute approximate surface area is 156 Å². The summed E-state index contributed by atoms with van der Waals surface area (Å²) in [5, 5.41) is 3.29. The third-order valence-corrected chi connectivity index (χ3v) is 5.52. The SMILES string of the molecule is COc1ccccc1CCNCC(=O)c1cc(C)n(C2CCCC2)c1C. The Morgan fingerprint density at radius 1 is 1.23 bits per heavy atom. The van der Waals surface area contributed by atoms with Crippen LogP contribution in [0, 0.1) is 13.8 Å². The molecule has 0 radical (unpaired) electrons. The van der Waals surface area contributed by atoms with E-state index in [1.54, 1.807) is 7.11 Å². The van der Waals surface area contributed by atoms with Crippen LogP contribution in [0.25, 0.3) is 0 Å². The molecule has 0 atom stereocenters. The van der Waals surface area contributed by atoms with E-state index in [1.165, 1.54) is 31.4 Å². The van der Waals surface area contributed by atoms with Crippen molar-refractivity contribution in [3.8, 4) is 5.75 Å². The summed E-state index contributed by atoms with van der Waals surface area (Å²) in [7, 11) is 1.69. The first-order chi connectivity index (χ1) is 12.6. The summed E-state index contributed by atoms with van der Waals surface area (Å²) in [5.41, 5.74) is 4.38. The van der Waals surface area contributed by atoms with E-state index in [-0.39, 0.29) is 5.78 Å². The van der Waals surface area contributed by atoms with Gasteiger partial charge in [-0.3, -0.25) is 4.79 Å². The summed E-state index contributed by atoms with van der Waals surface area (Å²) in [6.45, 7) is 5.35. The van der Waals surface area contributed by atoms with Gasteiger partial charge in [-0.15, -0.1) is 0 Å². The van der Waals surface area contributed by atoms with Crippen LogP contribution < -0.4 is 10.1 Å². The van der Waals surface area contributed by atoms with Crippen LogP contribution in [0.15, 0.2) is 30.3 Å². The first-order valence-corrected chi connectivity index (χ1v) is 9.66. The summed E-state index contributed by atoms with van der Waals surface area (Å²) < 4.78 is 7.76. The van der Waals surface area contributed by atoms with Gasteiger partial charge in [-0.2, -0.15) is 0 Å². The molecule has 1 aliphatic carbocycles. The van der Waals surface area contributed by atoms with Crippen molar-refractivity contribution in [1.29, 1.82) is 0 Å². The van der Waals surface area contributed by atoms with Crippen LogP contribution in [0.1, 0.15) is 59.0 Å². The van der Waals surface area contributed by atoms with Crippen LogP contribution >= 0.6 is 0 Å². The molecule has 0 aliphatic heterocycles. The highest BCUT2D eigenvalue weighted by Crippen LogP contribution is 2.33. The number of benzene rings is 1. The second kappa shape index (κ2) is 8.54. The number of Topliss-reactive ketones (excluding diaryl/α,β-unsaturated/α-hetero) is 1. The van der Waals surface area contributed by atoms with Crippen LogP contribution in [0.5, 0.6) is 5.75 Å².